The summed E-state index contributed by atoms with van der Waals surface area (Å²) >= 11 is 0. The van der Waals surface area contributed by atoms with E-state index in [1.54, 1.807) is 54.6 Å². The Morgan fingerprint density at radius 2 is 1.70 bits per heavy atom. The molecular formula is C19H17N2O5Zn-. The monoisotopic (exact) mass is 417 g/mol. The van der Waals surface area contributed by atoms with Gasteiger partial charge in [-0.3, -0.25) is 0 Å². The number of hydrogen-bond donors (Lipinski definition) is 2. The van der Waals surface area contributed by atoms with Crippen LogP contribution in [0.3, 0.4) is 0 Å². The zero-order valence-corrected chi connectivity index (χ0v) is 17.5. The van der Waals surface area contributed by atoms with Gasteiger partial charge in [0.15, 0.2) is 0 Å². The molecule has 0 saturated carbocycles. The quantitative estimate of drug-likeness (QED) is 0.0943. The van der Waals surface area contributed by atoms with E-state index >= 15 is 0 Å². The molecule has 0 radical (unpaired) electrons. The maximum Gasteiger partial charge on any atom is 0.348 e. The first kappa shape index (κ1) is 22.2. The summed E-state index contributed by atoms with van der Waals surface area (Å²) in [6.07, 6.45) is 4.00. The van der Waals surface area contributed by atoms with Gasteiger partial charge in [-0.2, -0.15) is 18.2 Å². The van der Waals surface area contributed by atoms with E-state index in [4.69, 9.17) is 9.57 Å². The van der Waals surface area contributed by atoms with Crippen molar-refractivity contribution >= 4 is 18.0 Å². The Morgan fingerprint density at radius 1 is 1.00 bits per heavy atom. The molecule has 0 aliphatic heterocycles. The average Bonchev–Trinajstić information content (AvgIpc) is 2.67. The summed E-state index contributed by atoms with van der Waals surface area (Å²) in [6, 6.07) is 16.4. The molecule has 0 aliphatic carbocycles. The van der Waals surface area contributed by atoms with Gasteiger partial charge >= 0.3 is 11.9 Å². The van der Waals surface area contributed by atoms with Crippen molar-refractivity contribution in [3.63, 3.8) is 0 Å². The third-order valence-electron chi connectivity index (χ3n) is 2.87. The molecule has 0 bridgehead atoms. The first-order valence-corrected chi connectivity index (χ1v) is 7.59. The van der Waals surface area contributed by atoms with Gasteiger partial charge in [-0.1, -0.05) is 18.7 Å². The summed E-state index contributed by atoms with van der Waals surface area (Å²) in [6.45, 7) is 3.35. The van der Waals surface area contributed by atoms with Gasteiger partial charge in [-0.15, -0.1) is 23.1 Å². The Bertz CT molecular complexity index is 763. The number of hydrogen-bond acceptors (Lipinski definition) is 7. The number of carbonyl (C=O) groups excluding carboxylic acids is 2. The number of ether oxygens (including phenoxy) is 1. The van der Waals surface area contributed by atoms with E-state index in [1.807, 2.05) is 0 Å². The minimum Gasteiger partial charge on any atom is -0.450 e. The Kier molecular flexibility index (Phi) is 10.3. The number of carbonyl (C=O) groups is 2. The molecule has 2 aromatic rings. The molecule has 7 nitrogen and oxygen atoms in total. The second-order valence-corrected chi connectivity index (χ2v) is 4.75. The van der Waals surface area contributed by atoms with Crippen LogP contribution in [0.4, 0.5) is 0 Å². The molecule has 27 heavy (non-hydrogen) atoms. The van der Waals surface area contributed by atoms with Crippen LogP contribution in [0.1, 0.15) is 5.56 Å². The Balaban J connectivity index is 0.00000364. The van der Waals surface area contributed by atoms with Crippen molar-refractivity contribution in [2.45, 2.75) is 0 Å². The van der Waals surface area contributed by atoms with Crippen LogP contribution in [0.15, 0.2) is 67.3 Å². The smallest absolute Gasteiger partial charge is 0.348 e. The number of rotatable bonds is 9. The Morgan fingerprint density at radius 3 is 2.37 bits per heavy atom. The number of esters is 1. The first-order chi connectivity index (χ1) is 12.7. The Hall–Kier alpha value is -2.80. The molecule has 0 aliphatic rings. The molecule has 2 N–H and O–H groups in total. The summed E-state index contributed by atoms with van der Waals surface area (Å²) < 4.78 is 5.13. The predicted octanol–water partition coefficient (Wildman–Crippen LogP) is 2.18. The molecule has 0 atom stereocenters. The fourth-order valence-corrected chi connectivity index (χ4v) is 1.70. The van der Waals surface area contributed by atoms with E-state index in [0.717, 1.165) is 11.6 Å². The van der Waals surface area contributed by atoms with Gasteiger partial charge < -0.3 is 14.4 Å². The fourth-order valence-electron chi connectivity index (χ4n) is 1.70. The van der Waals surface area contributed by atoms with Crippen molar-refractivity contribution in [2.24, 2.45) is 0 Å². The largest absolute Gasteiger partial charge is 0.450 e. The normalized spacial score (nSPS) is 9.93. The molecule has 0 amide bonds. The van der Waals surface area contributed by atoms with Gasteiger partial charge in [0.1, 0.15) is 12.4 Å². The van der Waals surface area contributed by atoms with E-state index in [1.165, 1.54) is 6.08 Å². The van der Waals surface area contributed by atoms with Crippen molar-refractivity contribution in [2.75, 3.05) is 6.67 Å². The zero-order chi connectivity index (χ0) is 18.6. The van der Waals surface area contributed by atoms with E-state index in [9.17, 15) is 9.59 Å². The standard InChI is InChI=1S/C19H17N2O5.Zn/c1-2-18(22)26-21-14-20-25-17-11-8-15(9-12-17)10-13-19(23)24-16-6-4-3-5-7-16;/h2,4-13,20-21H,1,14H2;/q-1;/b13-10+;. The van der Waals surface area contributed by atoms with Crippen molar-refractivity contribution in [1.29, 1.82) is 0 Å². The molecule has 0 saturated heterocycles. The molecule has 136 valence electrons. The van der Waals surface area contributed by atoms with Crippen molar-refractivity contribution in [3.05, 3.63) is 78.9 Å². The molecule has 2 rings (SSSR count). The molecule has 0 unspecified atom stereocenters. The summed E-state index contributed by atoms with van der Waals surface area (Å²) in [7, 11) is 0. The van der Waals surface area contributed by atoms with Gasteiger partial charge in [0.05, 0.1) is 0 Å². The second kappa shape index (κ2) is 12.5. The van der Waals surface area contributed by atoms with Crippen LogP contribution < -0.4 is 20.5 Å². The van der Waals surface area contributed by atoms with Crippen molar-refractivity contribution in [3.8, 4) is 11.5 Å². The predicted molar refractivity (Wildman–Crippen MR) is 94.4 cm³/mol. The SMILES string of the molecule is C=CC(=O)ONCNOc1ccc(/C=C/C(=O)Oc2cc[c-]cc2)cc1.[Zn]. The maximum atomic E-state index is 11.7. The van der Waals surface area contributed by atoms with Gasteiger partial charge in [-0.25, -0.2) is 9.59 Å². The molecule has 0 aromatic heterocycles. The third-order valence-corrected chi connectivity index (χ3v) is 2.87. The van der Waals surface area contributed by atoms with Crippen LogP contribution in [-0.4, -0.2) is 18.6 Å². The van der Waals surface area contributed by atoms with Crippen molar-refractivity contribution in [1.82, 2.24) is 11.0 Å². The van der Waals surface area contributed by atoms with Gasteiger partial charge in [0.2, 0.25) is 0 Å². The minimum atomic E-state index is -0.591. The van der Waals surface area contributed by atoms with Crippen LogP contribution in [-0.2, 0) is 33.9 Å². The van der Waals surface area contributed by atoms with E-state index in [-0.39, 0.29) is 26.1 Å². The van der Waals surface area contributed by atoms with Crippen LogP contribution in [0, 0.1) is 6.07 Å². The van der Waals surface area contributed by atoms with Gasteiger partial charge in [0.25, 0.3) is 0 Å². The Labute approximate surface area is 169 Å². The fraction of sp³-hybridized carbons (Fsp3) is 0.0526. The molecule has 0 fully saturated rings. The summed E-state index contributed by atoms with van der Waals surface area (Å²) in [5.74, 6) is -0.0619. The molecule has 0 heterocycles. The summed E-state index contributed by atoms with van der Waals surface area (Å²) in [5, 5.41) is 0. The zero-order valence-electron chi connectivity index (χ0n) is 14.5. The molecule has 0 spiro atoms. The number of hydroxylamine groups is 2. The van der Waals surface area contributed by atoms with Crippen LogP contribution in [0.2, 0.25) is 0 Å². The van der Waals surface area contributed by atoms with E-state index in [2.05, 4.69) is 28.4 Å². The number of benzene rings is 2. The van der Waals surface area contributed by atoms with Gasteiger partial charge in [0, 0.05) is 37.4 Å². The van der Waals surface area contributed by atoms with Crippen LogP contribution >= 0.6 is 0 Å². The van der Waals surface area contributed by atoms with Crippen LogP contribution in [0.5, 0.6) is 11.5 Å². The summed E-state index contributed by atoms with van der Waals surface area (Å²) in [4.78, 5) is 32.3. The minimum absolute atomic E-state index is 0. The average molecular weight is 419 g/mol. The molecule has 2 aromatic carbocycles. The number of nitrogens with one attached hydrogen (secondary N) is 2. The topological polar surface area (TPSA) is 85.9 Å². The van der Waals surface area contributed by atoms with Crippen LogP contribution in [0.25, 0.3) is 6.08 Å². The van der Waals surface area contributed by atoms with E-state index in [0.29, 0.717) is 11.5 Å². The van der Waals surface area contributed by atoms with Gasteiger partial charge in [-0.05, 0) is 23.8 Å². The molecule has 8 heteroatoms. The molecular weight excluding hydrogens is 402 g/mol. The second-order valence-electron chi connectivity index (χ2n) is 4.75. The van der Waals surface area contributed by atoms with E-state index < -0.39 is 11.9 Å². The third kappa shape index (κ3) is 8.92. The maximum absolute atomic E-state index is 11.7. The first-order valence-electron chi connectivity index (χ1n) is 7.59. The van der Waals surface area contributed by atoms with Crippen molar-refractivity contribution < 1.29 is 43.5 Å². The summed E-state index contributed by atoms with van der Waals surface area (Å²) in [5.41, 5.74) is 5.71.